The number of ketones is 1. The van der Waals surface area contributed by atoms with Gasteiger partial charge in [0.05, 0.1) is 0 Å². The van der Waals surface area contributed by atoms with E-state index in [1.165, 1.54) is 6.92 Å². The van der Waals surface area contributed by atoms with E-state index in [2.05, 4.69) is 0 Å². The molecule has 0 heterocycles. The fourth-order valence-corrected chi connectivity index (χ4v) is 1.38. The smallest absolute Gasteiger partial charge is 0.161 e. The second-order valence-corrected chi connectivity index (χ2v) is 3.09. The van der Waals surface area contributed by atoms with Gasteiger partial charge < -0.3 is 10.8 Å². The standard InChI is InChI=1S/C7H13NO2/c1-5(9)7(10)3-2-6(8)4-7/h6,10H,2-4,8H2,1H3/t6?,7-/m1/s1. The van der Waals surface area contributed by atoms with Crippen LogP contribution in [0.1, 0.15) is 26.2 Å². The Morgan fingerprint density at radius 2 is 2.40 bits per heavy atom. The number of hydrogen-bond donors (Lipinski definition) is 2. The molecule has 2 atom stereocenters. The Morgan fingerprint density at radius 1 is 1.80 bits per heavy atom. The van der Waals surface area contributed by atoms with Crippen LogP contribution in [-0.2, 0) is 4.79 Å². The molecule has 58 valence electrons. The van der Waals surface area contributed by atoms with Gasteiger partial charge in [-0.05, 0) is 26.2 Å². The lowest BCUT2D eigenvalue weighted by atomic mass is 9.98. The molecule has 3 heteroatoms. The highest BCUT2D eigenvalue weighted by Crippen LogP contribution is 2.29. The van der Waals surface area contributed by atoms with Gasteiger partial charge >= 0.3 is 0 Å². The molecule has 10 heavy (non-hydrogen) atoms. The van der Waals surface area contributed by atoms with E-state index in [9.17, 15) is 9.90 Å². The summed E-state index contributed by atoms with van der Waals surface area (Å²) in [6.45, 7) is 1.41. The molecular weight excluding hydrogens is 130 g/mol. The number of hydrogen-bond acceptors (Lipinski definition) is 3. The molecule has 0 aromatic rings. The summed E-state index contributed by atoms with van der Waals surface area (Å²) in [7, 11) is 0. The van der Waals surface area contributed by atoms with Crippen LogP contribution in [0.15, 0.2) is 0 Å². The van der Waals surface area contributed by atoms with E-state index in [0.29, 0.717) is 12.8 Å². The number of carbonyl (C=O) groups excluding carboxylic acids is 1. The summed E-state index contributed by atoms with van der Waals surface area (Å²) in [6, 6.07) is 0.00824. The second-order valence-electron chi connectivity index (χ2n) is 3.09. The molecule has 0 aliphatic heterocycles. The Bertz CT molecular complexity index is 158. The van der Waals surface area contributed by atoms with Crippen molar-refractivity contribution in [2.75, 3.05) is 0 Å². The molecule has 3 nitrogen and oxygen atoms in total. The van der Waals surface area contributed by atoms with Gasteiger partial charge in [-0.25, -0.2) is 0 Å². The molecule has 1 saturated carbocycles. The second kappa shape index (κ2) is 2.32. The fourth-order valence-electron chi connectivity index (χ4n) is 1.38. The lowest BCUT2D eigenvalue weighted by Crippen LogP contribution is -2.35. The maximum Gasteiger partial charge on any atom is 0.161 e. The number of carbonyl (C=O) groups is 1. The summed E-state index contributed by atoms with van der Waals surface area (Å²) in [6.07, 6.45) is 1.72. The van der Waals surface area contributed by atoms with Crippen LogP contribution < -0.4 is 5.73 Å². The van der Waals surface area contributed by atoms with E-state index in [1.54, 1.807) is 0 Å². The minimum Gasteiger partial charge on any atom is -0.382 e. The van der Waals surface area contributed by atoms with Crippen LogP contribution in [0.3, 0.4) is 0 Å². The van der Waals surface area contributed by atoms with Gasteiger partial charge in [0.2, 0.25) is 0 Å². The van der Waals surface area contributed by atoms with Gasteiger partial charge in [0, 0.05) is 6.04 Å². The Labute approximate surface area is 60.2 Å². The van der Waals surface area contributed by atoms with Crippen LogP contribution in [0, 0.1) is 0 Å². The monoisotopic (exact) mass is 143 g/mol. The molecular formula is C7H13NO2. The van der Waals surface area contributed by atoms with Crippen molar-refractivity contribution >= 4 is 5.78 Å². The summed E-state index contributed by atoms with van der Waals surface area (Å²) in [5, 5.41) is 9.51. The predicted octanol–water partition coefficient (Wildman–Crippen LogP) is -0.182. The maximum atomic E-state index is 10.8. The summed E-state index contributed by atoms with van der Waals surface area (Å²) in [4.78, 5) is 10.8. The van der Waals surface area contributed by atoms with E-state index in [-0.39, 0.29) is 11.8 Å². The SMILES string of the molecule is CC(=O)[C@@]1(O)CCC(N)C1. The molecule has 0 spiro atoms. The van der Waals surface area contributed by atoms with E-state index in [1.807, 2.05) is 0 Å². The molecule has 0 amide bonds. The summed E-state index contributed by atoms with van der Waals surface area (Å²) < 4.78 is 0. The van der Waals surface area contributed by atoms with E-state index in [4.69, 9.17) is 5.73 Å². The molecule has 3 N–H and O–H groups in total. The normalized spacial score (nSPS) is 40.1. The molecule has 0 bridgehead atoms. The van der Waals surface area contributed by atoms with Crippen molar-refractivity contribution in [1.82, 2.24) is 0 Å². The Kier molecular flexibility index (Phi) is 1.79. The first kappa shape index (κ1) is 7.69. The number of aliphatic hydroxyl groups is 1. The van der Waals surface area contributed by atoms with Crippen LogP contribution in [0.2, 0.25) is 0 Å². The van der Waals surface area contributed by atoms with Crippen LogP contribution in [0.5, 0.6) is 0 Å². The molecule has 0 saturated heterocycles. The maximum absolute atomic E-state index is 10.8. The largest absolute Gasteiger partial charge is 0.382 e. The topological polar surface area (TPSA) is 63.3 Å². The predicted molar refractivity (Wildman–Crippen MR) is 37.5 cm³/mol. The summed E-state index contributed by atoms with van der Waals surface area (Å²) in [5.74, 6) is -0.152. The van der Waals surface area contributed by atoms with Crippen molar-refractivity contribution in [3.05, 3.63) is 0 Å². The average Bonchev–Trinajstić information content (AvgIpc) is 2.13. The lowest BCUT2D eigenvalue weighted by molar-refractivity contribution is -0.134. The van der Waals surface area contributed by atoms with Crippen LogP contribution >= 0.6 is 0 Å². The highest BCUT2D eigenvalue weighted by atomic mass is 16.3. The summed E-state index contributed by atoms with van der Waals surface area (Å²) in [5.41, 5.74) is 4.44. The Hall–Kier alpha value is -0.410. The zero-order valence-corrected chi connectivity index (χ0v) is 6.13. The molecule has 1 aliphatic carbocycles. The van der Waals surface area contributed by atoms with E-state index in [0.717, 1.165) is 6.42 Å². The van der Waals surface area contributed by atoms with Crippen molar-refractivity contribution in [3.63, 3.8) is 0 Å². The fraction of sp³-hybridized carbons (Fsp3) is 0.857. The lowest BCUT2D eigenvalue weighted by Gasteiger charge is -2.17. The number of Topliss-reactive ketones (excluding diaryl/α,β-unsaturated/α-hetero) is 1. The number of rotatable bonds is 1. The van der Waals surface area contributed by atoms with Gasteiger partial charge in [-0.2, -0.15) is 0 Å². The molecule has 1 rings (SSSR count). The average molecular weight is 143 g/mol. The first-order chi connectivity index (χ1) is 4.54. The third-order valence-corrected chi connectivity index (χ3v) is 2.18. The third-order valence-electron chi connectivity index (χ3n) is 2.18. The summed E-state index contributed by atoms with van der Waals surface area (Å²) >= 11 is 0. The first-order valence-corrected chi connectivity index (χ1v) is 3.53. The first-order valence-electron chi connectivity index (χ1n) is 3.53. The molecule has 1 fully saturated rings. The van der Waals surface area contributed by atoms with Gasteiger partial charge in [0.1, 0.15) is 5.60 Å². The molecule has 0 aromatic carbocycles. The number of nitrogens with two attached hydrogens (primary N) is 1. The molecule has 1 aliphatic rings. The van der Waals surface area contributed by atoms with Crippen molar-refractivity contribution in [2.45, 2.75) is 37.8 Å². The van der Waals surface area contributed by atoms with Crippen molar-refractivity contribution in [3.8, 4) is 0 Å². The Morgan fingerprint density at radius 3 is 2.60 bits per heavy atom. The van der Waals surface area contributed by atoms with Gasteiger partial charge in [-0.15, -0.1) is 0 Å². The highest BCUT2D eigenvalue weighted by Gasteiger charge is 2.39. The minimum atomic E-state index is -1.10. The zero-order chi connectivity index (χ0) is 7.78. The molecule has 0 radical (unpaired) electrons. The quantitative estimate of drug-likeness (QED) is 0.535. The van der Waals surface area contributed by atoms with Crippen LogP contribution in [0.4, 0.5) is 0 Å². The zero-order valence-electron chi connectivity index (χ0n) is 6.13. The van der Waals surface area contributed by atoms with Crippen molar-refractivity contribution < 1.29 is 9.90 Å². The van der Waals surface area contributed by atoms with Gasteiger partial charge in [-0.1, -0.05) is 0 Å². The van der Waals surface area contributed by atoms with Crippen LogP contribution in [-0.4, -0.2) is 22.5 Å². The van der Waals surface area contributed by atoms with Crippen molar-refractivity contribution in [1.29, 1.82) is 0 Å². The Balaban J connectivity index is 2.63. The van der Waals surface area contributed by atoms with Gasteiger partial charge in [-0.3, -0.25) is 4.79 Å². The van der Waals surface area contributed by atoms with Crippen LogP contribution in [0.25, 0.3) is 0 Å². The van der Waals surface area contributed by atoms with Crippen molar-refractivity contribution in [2.24, 2.45) is 5.73 Å². The highest BCUT2D eigenvalue weighted by molar-refractivity contribution is 5.85. The van der Waals surface area contributed by atoms with Gasteiger partial charge in [0.25, 0.3) is 0 Å². The third kappa shape index (κ3) is 1.20. The van der Waals surface area contributed by atoms with E-state index >= 15 is 0 Å². The molecule has 1 unspecified atom stereocenters. The molecule has 0 aromatic heterocycles. The van der Waals surface area contributed by atoms with E-state index < -0.39 is 5.60 Å². The minimum absolute atomic E-state index is 0.00824. The van der Waals surface area contributed by atoms with Gasteiger partial charge in [0.15, 0.2) is 5.78 Å².